The van der Waals surface area contributed by atoms with E-state index in [9.17, 15) is 19.2 Å². The van der Waals surface area contributed by atoms with Crippen LogP contribution in [0.5, 0.6) is 0 Å². The van der Waals surface area contributed by atoms with Gasteiger partial charge in [0.25, 0.3) is 23.6 Å². The van der Waals surface area contributed by atoms with E-state index in [-0.39, 0.29) is 23.6 Å². The van der Waals surface area contributed by atoms with Gasteiger partial charge in [0, 0.05) is 66.6 Å². The summed E-state index contributed by atoms with van der Waals surface area (Å²) in [6.07, 6.45) is 12.6. The van der Waals surface area contributed by atoms with Crippen LogP contribution in [0.15, 0.2) is 36.4 Å². The van der Waals surface area contributed by atoms with Gasteiger partial charge >= 0.3 is 0 Å². The highest BCUT2D eigenvalue weighted by Crippen LogP contribution is 2.50. The van der Waals surface area contributed by atoms with Crippen LogP contribution in [-0.2, 0) is 0 Å². The Morgan fingerprint density at radius 1 is 0.438 bits per heavy atom. The maximum absolute atomic E-state index is 13.9. The molecule has 48 heavy (non-hydrogen) atoms. The third kappa shape index (κ3) is 5.14. The van der Waals surface area contributed by atoms with Gasteiger partial charge in [-0.05, 0) is 47.9 Å². The smallest absolute Gasteiger partial charge is 0.261 e. The zero-order chi connectivity index (χ0) is 33.7. The molecule has 4 amide bonds. The monoisotopic (exact) mass is 682 g/mol. The van der Waals surface area contributed by atoms with Crippen molar-refractivity contribution in [3.05, 3.63) is 68.7 Å². The summed E-state index contributed by atoms with van der Waals surface area (Å²) in [5.74, 6) is -1.28. The van der Waals surface area contributed by atoms with Crippen LogP contribution < -0.4 is 0 Å². The molecule has 0 bridgehead atoms. The Labute approximate surface area is 290 Å². The van der Waals surface area contributed by atoms with Crippen LogP contribution in [0.1, 0.15) is 132 Å². The van der Waals surface area contributed by atoms with E-state index in [0.29, 0.717) is 77.7 Å². The molecular weight excluding hydrogens is 643 g/mol. The van der Waals surface area contributed by atoms with Crippen LogP contribution in [0.2, 0.25) is 10.0 Å². The Morgan fingerprint density at radius 2 is 0.792 bits per heavy atom. The molecule has 5 aromatic rings. The van der Waals surface area contributed by atoms with Gasteiger partial charge in [0.05, 0.1) is 11.1 Å². The second kappa shape index (κ2) is 13.3. The predicted octanol–water partition coefficient (Wildman–Crippen LogP) is 11.0. The van der Waals surface area contributed by atoms with Crippen LogP contribution in [0.3, 0.4) is 0 Å². The molecule has 0 saturated heterocycles. The predicted molar refractivity (Wildman–Crippen MR) is 195 cm³/mol. The van der Waals surface area contributed by atoms with Gasteiger partial charge in [-0.25, -0.2) is 0 Å². The number of hydrogen-bond donors (Lipinski definition) is 0. The fraction of sp³-hybridized carbons (Fsp3) is 0.400. The molecule has 8 heteroatoms. The second-order valence-corrected chi connectivity index (χ2v) is 14.3. The maximum Gasteiger partial charge on any atom is 0.261 e. The van der Waals surface area contributed by atoms with E-state index in [1.54, 1.807) is 24.3 Å². The molecule has 2 aliphatic rings. The summed E-state index contributed by atoms with van der Waals surface area (Å²) in [5.41, 5.74) is 1.74. The number of carbonyl (C=O) groups is 4. The lowest BCUT2D eigenvalue weighted by Crippen LogP contribution is -2.41. The highest BCUT2D eigenvalue weighted by atomic mass is 35.5. The van der Waals surface area contributed by atoms with Crippen molar-refractivity contribution in [1.29, 1.82) is 0 Å². The number of hydrogen-bond acceptors (Lipinski definition) is 4. The molecule has 0 N–H and O–H groups in total. The van der Waals surface area contributed by atoms with Crippen molar-refractivity contribution in [2.24, 2.45) is 0 Å². The first-order valence-electron chi connectivity index (χ1n) is 17.6. The highest BCUT2D eigenvalue weighted by Gasteiger charge is 2.37. The van der Waals surface area contributed by atoms with Gasteiger partial charge < -0.3 is 0 Å². The number of nitrogens with zero attached hydrogens (tertiary/aromatic N) is 2. The zero-order valence-corrected chi connectivity index (χ0v) is 29.2. The molecule has 0 spiro atoms. The van der Waals surface area contributed by atoms with E-state index in [1.807, 2.05) is 12.1 Å². The van der Waals surface area contributed by atoms with Gasteiger partial charge in [0.1, 0.15) is 0 Å². The second-order valence-electron chi connectivity index (χ2n) is 13.4. The minimum atomic E-state index is -0.338. The summed E-state index contributed by atoms with van der Waals surface area (Å²) in [4.78, 5) is 58.2. The van der Waals surface area contributed by atoms with Crippen LogP contribution in [0.25, 0.3) is 43.1 Å². The fourth-order valence-electron chi connectivity index (χ4n) is 7.97. The van der Waals surface area contributed by atoms with Crippen LogP contribution in [0, 0.1) is 0 Å². The molecule has 7 rings (SSSR count). The number of unbranched alkanes of at least 4 members (excludes halogenated alkanes) is 10. The summed E-state index contributed by atoms with van der Waals surface area (Å²) in [6.45, 7) is 5.08. The van der Waals surface area contributed by atoms with E-state index in [0.717, 1.165) is 75.0 Å². The Morgan fingerprint density at radius 3 is 1.19 bits per heavy atom. The van der Waals surface area contributed by atoms with Crippen LogP contribution in [-0.4, -0.2) is 46.5 Å². The lowest BCUT2D eigenvalue weighted by molar-refractivity contribution is 0.0592. The zero-order valence-electron chi connectivity index (χ0n) is 27.6. The molecule has 0 atom stereocenters. The fourth-order valence-corrected chi connectivity index (χ4v) is 8.59. The standard InChI is InChI=1S/C40H40Cl2N2O4/c1-3-5-7-9-11-13-19-43-37(45)25-17-15-23-34-30(42)22-28-32-26(38(46)44(40(28)48)20-14-12-10-8-6-4-2)18-16-24(36(32)34)33-29(41)21-27(39(43)47)31(25)35(23)33/h15-18,21-22H,3-14,19-20H2,1-2H3. The Bertz CT molecular complexity index is 1990. The van der Waals surface area contributed by atoms with Crippen molar-refractivity contribution in [2.45, 2.75) is 90.9 Å². The summed E-state index contributed by atoms with van der Waals surface area (Å²) in [5, 5.41) is 6.12. The Balaban J connectivity index is 1.33. The van der Waals surface area contributed by atoms with Crippen LogP contribution in [0.4, 0.5) is 0 Å². The van der Waals surface area contributed by atoms with E-state index in [2.05, 4.69) is 13.8 Å². The topological polar surface area (TPSA) is 74.8 Å². The first-order valence-corrected chi connectivity index (χ1v) is 18.4. The average Bonchev–Trinajstić information content (AvgIpc) is 3.08. The van der Waals surface area contributed by atoms with Crippen molar-refractivity contribution >= 4 is 89.9 Å². The first-order chi connectivity index (χ1) is 23.3. The van der Waals surface area contributed by atoms with Gasteiger partial charge in [0.2, 0.25) is 0 Å². The van der Waals surface area contributed by atoms with Crippen molar-refractivity contribution in [2.75, 3.05) is 13.1 Å². The molecule has 248 valence electrons. The molecule has 2 aliphatic heterocycles. The molecule has 0 fully saturated rings. The Kier molecular flexibility index (Phi) is 9.08. The summed E-state index contributed by atoms with van der Waals surface area (Å²) in [7, 11) is 0. The number of amides is 4. The average molecular weight is 684 g/mol. The molecule has 5 aromatic carbocycles. The molecule has 0 radical (unpaired) electrons. The molecule has 6 nitrogen and oxygen atoms in total. The van der Waals surface area contributed by atoms with E-state index < -0.39 is 0 Å². The SMILES string of the molecule is CCCCCCCCN1C(=O)c2ccc3c4c(Cl)cc5c6c(ccc(c7c(Cl)cc(c2c37)C1=O)c64)C(=O)N(CCCCCCCC)C5=O. The van der Waals surface area contributed by atoms with Gasteiger partial charge in [-0.3, -0.25) is 29.0 Å². The van der Waals surface area contributed by atoms with Crippen molar-refractivity contribution < 1.29 is 19.2 Å². The maximum atomic E-state index is 13.9. The molecule has 0 saturated carbocycles. The van der Waals surface area contributed by atoms with Gasteiger partial charge in [-0.1, -0.05) is 113 Å². The number of halogens is 2. The summed E-state index contributed by atoms with van der Waals surface area (Å²) < 4.78 is 0. The van der Waals surface area contributed by atoms with Gasteiger partial charge in [-0.15, -0.1) is 0 Å². The number of imide groups is 2. The lowest BCUT2D eigenvalue weighted by atomic mass is 9.82. The number of carbonyl (C=O) groups excluding carboxylic acids is 4. The minimum Gasteiger partial charge on any atom is -0.274 e. The summed E-state index contributed by atoms with van der Waals surface area (Å²) >= 11 is 14.1. The van der Waals surface area contributed by atoms with E-state index >= 15 is 0 Å². The minimum absolute atomic E-state index is 0.301. The van der Waals surface area contributed by atoms with Gasteiger partial charge in [-0.2, -0.15) is 0 Å². The third-order valence-corrected chi connectivity index (χ3v) is 11.0. The summed E-state index contributed by atoms with van der Waals surface area (Å²) in [6, 6.07) is 10.6. The number of benzene rings is 5. The molecule has 0 aromatic heterocycles. The molecule has 2 heterocycles. The molecule has 0 aliphatic carbocycles. The van der Waals surface area contributed by atoms with Crippen LogP contribution >= 0.6 is 23.2 Å². The Hall–Kier alpha value is -3.74. The largest absolute Gasteiger partial charge is 0.274 e. The molecule has 0 unspecified atom stereocenters. The van der Waals surface area contributed by atoms with E-state index in [1.165, 1.54) is 22.6 Å². The third-order valence-electron chi connectivity index (χ3n) is 10.4. The number of fused-ring (bicyclic) bond motifs is 2. The van der Waals surface area contributed by atoms with E-state index in [4.69, 9.17) is 23.2 Å². The van der Waals surface area contributed by atoms with Crippen molar-refractivity contribution in [3.63, 3.8) is 0 Å². The lowest BCUT2D eigenvalue weighted by Gasteiger charge is -2.30. The highest BCUT2D eigenvalue weighted by molar-refractivity contribution is 6.50. The number of rotatable bonds is 14. The van der Waals surface area contributed by atoms with Gasteiger partial charge in [0.15, 0.2) is 0 Å². The normalized spacial score (nSPS) is 14.7. The van der Waals surface area contributed by atoms with Crippen molar-refractivity contribution in [1.82, 2.24) is 9.80 Å². The molecular formula is C40H40Cl2N2O4. The quantitative estimate of drug-likeness (QED) is 0.0505. The van der Waals surface area contributed by atoms with Crippen molar-refractivity contribution in [3.8, 4) is 0 Å². The first kappa shape index (κ1) is 32.8.